The first-order chi connectivity index (χ1) is 13.0. The number of amides is 1. The fraction of sp³-hybridized carbons (Fsp3) is 0.682. The van der Waals surface area contributed by atoms with Crippen LogP contribution in [-0.4, -0.2) is 36.5 Å². The van der Waals surface area contributed by atoms with Gasteiger partial charge in [0.25, 0.3) is 0 Å². The zero-order valence-corrected chi connectivity index (χ0v) is 16.3. The van der Waals surface area contributed by atoms with Crippen LogP contribution in [0.3, 0.4) is 0 Å². The van der Waals surface area contributed by atoms with Crippen molar-refractivity contribution in [1.82, 2.24) is 4.90 Å². The van der Waals surface area contributed by atoms with E-state index in [9.17, 15) is 9.59 Å². The van der Waals surface area contributed by atoms with Crippen LogP contribution in [0.25, 0.3) is 0 Å². The molecule has 1 spiro atoms. The zero-order chi connectivity index (χ0) is 19.3. The lowest BCUT2D eigenvalue weighted by Crippen LogP contribution is -2.45. The van der Waals surface area contributed by atoms with Gasteiger partial charge in [0.05, 0.1) is 12.7 Å². The highest BCUT2D eigenvalue weighted by Crippen LogP contribution is 2.47. The molecule has 5 heteroatoms. The molecule has 3 aliphatic rings. The summed E-state index contributed by atoms with van der Waals surface area (Å²) in [6, 6.07) is 2.17. The lowest BCUT2D eigenvalue weighted by Gasteiger charge is -2.46. The summed E-state index contributed by atoms with van der Waals surface area (Å²) < 4.78 is 5.08. The molecule has 0 bridgehead atoms. The van der Waals surface area contributed by atoms with Crippen molar-refractivity contribution in [2.45, 2.75) is 64.7 Å². The zero-order valence-electron chi connectivity index (χ0n) is 16.3. The Bertz CT molecular complexity index is 668. The quantitative estimate of drug-likeness (QED) is 0.704. The highest BCUT2D eigenvalue weighted by Gasteiger charge is 2.39. The molecule has 0 N–H and O–H groups in total. The number of rotatable bonds is 4. The van der Waals surface area contributed by atoms with Gasteiger partial charge in [0.15, 0.2) is 0 Å². The highest BCUT2D eigenvalue weighted by atomic mass is 16.5. The third-order valence-electron chi connectivity index (χ3n) is 6.61. The fourth-order valence-corrected chi connectivity index (χ4v) is 4.75. The molecular formula is C22H30N2O3. The van der Waals surface area contributed by atoms with Gasteiger partial charge in [-0.3, -0.25) is 9.59 Å². The summed E-state index contributed by atoms with van der Waals surface area (Å²) in [5, 5.41) is 8.93. The van der Waals surface area contributed by atoms with Crippen molar-refractivity contribution in [3.05, 3.63) is 23.3 Å². The molecule has 146 valence electrons. The van der Waals surface area contributed by atoms with Crippen LogP contribution in [0.5, 0.6) is 0 Å². The molecule has 0 unspecified atom stereocenters. The van der Waals surface area contributed by atoms with E-state index in [4.69, 9.17) is 10.00 Å². The highest BCUT2D eigenvalue weighted by molar-refractivity contribution is 5.94. The lowest BCUT2D eigenvalue weighted by molar-refractivity contribution is -0.145. The Morgan fingerprint density at radius 2 is 1.89 bits per heavy atom. The largest absolute Gasteiger partial charge is 0.466 e. The van der Waals surface area contributed by atoms with Gasteiger partial charge in [-0.15, -0.1) is 0 Å². The molecule has 0 aromatic carbocycles. The van der Waals surface area contributed by atoms with Crippen LogP contribution >= 0.6 is 0 Å². The molecule has 0 radical (unpaired) electrons. The number of hydrogen-bond acceptors (Lipinski definition) is 4. The van der Waals surface area contributed by atoms with E-state index in [0.29, 0.717) is 37.2 Å². The maximum atomic E-state index is 12.7. The van der Waals surface area contributed by atoms with Gasteiger partial charge in [0.2, 0.25) is 5.91 Å². The molecule has 0 aromatic heterocycles. The van der Waals surface area contributed by atoms with Crippen LogP contribution in [0.2, 0.25) is 0 Å². The van der Waals surface area contributed by atoms with Crippen LogP contribution in [0.15, 0.2) is 23.3 Å². The molecule has 1 heterocycles. The molecule has 27 heavy (non-hydrogen) atoms. The van der Waals surface area contributed by atoms with Crippen LogP contribution in [0.4, 0.5) is 0 Å². The van der Waals surface area contributed by atoms with Gasteiger partial charge < -0.3 is 9.64 Å². The summed E-state index contributed by atoms with van der Waals surface area (Å²) in [5.41, 5.74) is 1.95. The van der Waals surface area contributed by atoms with Gasteiger partial charge in [0, 0.05) is 30.7 Å². The molecular weight excluding hydrogens is 340 g/mol. The van der Waals surface area contributed by atoms with Gasteiger partial charge in [-0.2, -0.15) is 5.26 Å². The van der Waals surface area contributed by atoms with E-state index in [0.717, 1.165) is 62.8 Å². The summed E-state index contributed by atoms with van der Waals surface area (Å²) in [5.74, 6) is 0.546. The summed E-state index contributed by atoms with van der Waals surface area (Å²) >= 11 is 0. The van der Waals surface area contributed by atoms with E-state index >= 15 is 0 Å². The van der Waals surface area contributed by atoms with Crippen molar-refractivity contribution < 1.29 is 14.3 Å². The van der Waals surface area contributed by atoms with Crippen LogP contribution in [-0.2, 0) is 14.3 Å². The standard InChI is InChI=1S/C22H30N2O3/c1-2-27-20(25)15-17-7-9-22(10-8-17)11-13-24(14-12-22)21(26)19-5-3-18(16-23)4-6-19/h3,5,17H,2,4,6-15H2,1H3. The number of carbonyl (C=O) groups is 2. The average Bonchev–Trinajstić information content (AvgIpc) is 2.70. The molecule has 5 nitrogen and oxygen atoms in total. The third-order valence-corrected chi connectivity index (χ3v) is 6.61. The minimum atomic E-state index is -0.0618. The minimum absolute atomic E-state index is 0.0618. The van der Waals surface area contributed by atoms with Crippen LogP contribution in [0, 0.1) is 22.7 Å². The molecule has 0 aromatic rings. The Balaban J connectivity index is 1.47. The van der Waals surface area contributed by atoms with Gasteiger partial charge in [-0.05, 0) is 75.7 Å². The number of esters is 1. The Kier molecular flexibility index (Phi) is 6.36. The molecule has 1 amide bonds. The van der Waals surface area contributed by atoms with E-state index in [2.05, 4.69) is 6.07 Å². The molecule has 3 rings (SSSR count). The van der Waals surface area contributed by atoms with Gasteiger partial charge in [0.1, 0.15) is 0 Å². The summed E-state index contributed by atoms with van der Waals surface area (Å²) in [6.45, 7) is 3.97. The second-order valence-corrected chi connectivity index (χ2v) is 8.24. The van der Waals surface area contributed by atoms with Crippen LogP contribution < -0.4 is 0 Å². The number of likely N-dealkylation sites (tertiary alicyclic amines) is 1. The molecule has 1 saturated heterocycles. The Labute approximate surface area is 162 Å². The lowest BCUT2D eigenvalue weighted by atomic mass is 9.65. The fourth-order valence-electron chi connectivity index (χ4n) is 4.75. The third kappa shape index (κ3) is 4.80. The topological polar surface area (TPSA) is 70.4 Å². The molecule has 2 fully saturated rings. The van der Waals surface area contributed by atoms with Crippen LogP contribution in [0.1, 0.15) is 64.7 Å². The molecule has 2 aliphatic carbocycles. The number of hydrogen-bond donors (Lipinski definition) is 0. The Morgan fingerprint density at radius 1 is 1.19 bits per heavy atom. The van der Waals surface area contributed by atoms with Crippen molar-refractivity contribution in [3.8, 4) is 6.07 Å². The number of allylic oxidation sites excluding steroid dienone is 3. The van der Waals surface area contributed by atoms with E-state index in [1.807, 2.05) is 17.9 Å². The predicted molar refractivity (Wildman–Crippen MR) is 102 cm³/mol. The monoisotopic (exact) mass is 370 g/mol. The number of piperidine rings is 1. The number of carbonyl (C=O) groups excluding carboxylic acids is 2. The first-order valence-corrected chi connectivity index (χ1v) is 10.3. The normalized spacial score (nSPS) is 22.6. The van der Waals surface area contributed by atoms with E-state index in [1.165, 1.54) is 0 Å². The first kappa shape index (κ1) is 19.7. The minimum Gasteiger partial charge on any atom is -0.466 e. The molecule has 1 aliphatic heterocycles. The second kappa shape index (κ2) is 8.73. The maximum Gasteiger partial charge on any atom is 0.306 e. The van der Waals surface area contributed by atoms with E-state index < -0.39 is 0 Å². The van der Waals surface area contributed by atoms with E-state index in [1.54, 1.807) is 6.08 Å². The number of ether oxygens (including phenoxy) is 1. The SMILES string of the molecule is CCOC(=O)CC1CCC2(CC1)CCN(C(=O)C1=CC=C(C#N)CC1)CC2. The maximum absolute atomic E-state index is 12.7. The summed E-state index contributed by atoms with van der Waals surface area (Å²) in [7, 11) is 0. The average molecular weight is 370 g/mol. The predicted octanol–water partition coefficient (Wildman–Crippen LogP) is 3.91. The van der Waals surface area contributed by atoms with Gasteiger partial charge >= 0.3 is 5.97 Å². The van der Waals surface area contributed by atoms with Gasteiger partial charge in [-0.1, -0.05) is 6.08 Å². The van der Waals surface area contributed by atoms with Gasteiger partial charge in [-0.25, -0.2) is 0 Å². The second-order valence-electron chi connectivity index (χ2n) is 8.24. The summed E-state index contributed by atoms with van der Waals surface area (Å²) in [6.07, 6.45) is 12.2. The smallest absolute Gasteiger partial charge is 0.306 e. The number of nitrogens with zero attached hydrogens (tertiary/aromatic N) is 2. The first-order valence-electron chi connectivity index (χ1n) is 10.3. The van der Waals surface area contributed by atoms with Crippen molar-refractivity contribution in [2.24, 2.45) is 11.3 Å². The molecule has 0 atom stereocenters. The Hall–Kier alpha value is -2.09. The van der Waals surface area contributed by atoms with Crippen molar-refractivity contribution >= 4 is 11.9 Å². The van der Waals surface area contributed by atoms with Crippen molar-refractivity contribution in [1.29, 1.82) is 5.26 Å². The van der Waals surface area contributed by atoms with Crippen molar-refractivity contribution in [2.75, 3.05) is 19.7 Å². The number of nitriles is 1. The van der Waals surface area contributed by atoms with Crippen molar-refractivity contribution in [3.63, 3.8) is 0 Å². The molecule has 1 saturated carbocycles. The van der Waals surface area contributed by atoms with E-state index in [-0.39, 0.29) is 11.9 Å². The Morgan fingerprint density at radius 3 is 2.44 bits per heavy atom. The summed E-state index contributed by atoms with van der Waals surface area (Å²) in [4.78, 5) is 26.4.